The number of nitrogens with zero attached hydrogens (tertiary/aromatic N) is 2. The third-order valence-corrected chi connectivity index (χ3v) is 5.16. The number of nitrogens with one attached hydrogen (secondary N) is 1. The van der Waals surface area contributed by atoms with Crippen LogP contribution in [0.4, 0.5) is 0 Å². The lowest BCUT2D eigenvalue weighted by molar-refractivity contribution is -0.133. The summed E-state index contributed by atoms with van der Waals surface area (Å²) in [4.78, 5) is 17.3. The predicted octanol–water partition coefficient (Wildman–Crippen LogP) is 2.05. The number of hydrogen-bond acceptors (Lipinski definition) is 3. The topological polar surface area (TPSA) is 35.6 Å². The van der Waals surface area contributed by atoms with Crippen LogP contribution in [0.25, 0.3) is 0 Å². The Morgan fingerprint density at radius 2 is 1.95 bits per heavy atom. The molecule has 0 aromatic carbocycles. The second kappa shape index (κ2) is 6.44. The second-order valence-electron chi connectivity index (χ2n) is 6.84. The van der Waals surface area contributed by atoms with E-state index in [0.29, 0.717) is 11.8 Å². The zero-order valence-corrected chi connectivity index (χ0v) is 13.6. The molecule has 1 amide bonds. The van der Waals surface area contributed by atoms with Gasteiger partial charge in [0, 0.05) is 6.54 Å². The molecule has 0 spiro atoms. The minimum atomic E-state index is -0.342. The van der Waals surface area contributed by atoms with Crippen LogP contribution in [0.1, 0.15) is 52.9 Å². The summed E-state index contributed by atoms with van der Waals surface area (Å²) in [5.41, 5.74) is -0.342. The molecule has 0 bridgehead atoms. The Kier molecular flexibility index (Phi) is 5.08. The molecule has 2 saturated heterocycles. The van der Waals surface area contributed by atoms with Crippen LogP contribution in [0.3, 0.4) is 0 Å². The average Bonchev–Trinajstić information content (AvgIpc) is 2.67. The van der Waals surface area contributed by atoms with Gasteiger partial charge in [-0.05, 0) is 58.7 Å². The molecule has 116 valence electrons. The fraction of sp³-hybridized carbons (Fsp3) is 0.938. The van der Waals surface area contributed by atoms with E-state index in [9.17, 15) is 4.79 Å². The van der Waals surface area contributed by atoms with Crippen molar-refractivity contribution in [3.05, 3.63) is 0 Å². The van der Waals surface area contributed by atoms with Crippen molar-refractivity contribution in [2.45, 2.75) is 64.6 Å². The molecule has 4 heteroatoms. The largest absolute Gasteiger partial charge is 0.325 e. The maximum atomic E-state index is 12.7. The standard InChI is InChI=1S/C16H31N3O/c1-5-7-14-17-16(3,6-2)15(20)19(14)12-13-8-10-18(4)11-9-13/h13-14,17H,5-12H2,1-4H3. The molecule has 20 heavy (non-hydrogen) atoms. The van der Waals surface area contributed by atoms with Gasteiger partial charge in [-0.2, -0.15) is 0 Å². The summed E-state index contributed by atoms with van der Waals surface area (Å²) in [6.45, 7) is 9.65. The zero-order chi connectivity index (χ0) is 14.8. The Bertz CT molecular complexity index is 339. The van der Waals surface area contributed by atoms with Crippen LogP contribution < -0.4 is 5.32 Å². The number of piperidine rings is 1. The van der Waals surface area contributed by atoms with Crippen molar-refractivity contribution in [3.8, 4) is 0 Å². The van der Waals surface area contributed by atoms with E-state index in [1.807, 2.05) is 0 Å². The van der Waals surface area contributed by atoms with Gasteiger partial charge in [-0.1, -0.05) is 20.3 Å². The maximum Gasteiger partial charge on any atom is 0.243 e. The first-order chi connectivity index (χ1) is 9.50. The predicted molar refractivity (Wildman–Crippen MR) is 82.5 cm³/mol. The summed E-state index contributed by atoms with van der Waals surface area (Å²) < 4.78 is 0. The van der Waals surface area contributed by atoms with Crippen LogP contribution in [0.15, 0.2) is 0 Å². The van der Waals surface area contributed by atoms with E-state index in [-0.39, 0.29) is 11.7 Å². The third kappa shape index (κ3) is 3.17. The molecular weight excluding hydrogens is 250 g/mol. The molecule has 0 aromatic heterocycles. The molecule has 0 aliphatic carbocycles. The minimum absolute atomic E-state index is 0.247. The Hall–Kier alpha value is -0.610. The summed E-state index contributed by atoms with van der Waals surface area (Å²) >= 11 is 0. The van der Waals surface area contributed by atoms with Gasteiger partial charge < -0.3 is 9.80 Å². The lowest BCUT2D eigenvalue weighted by atomic mass is 9.95. The van der Waals surface area contributed by atoms with E-state index in [4.69, 9.17) is 0 Å². The quantitative estimate of drug-likeness (QED) is 0.838. The van der Waals surface area contributed by atoms with Gasteiger partial charge in [0.25, 0.3) is 0 Å². The second-order valence-corrected chi connectivity index (χ2v) is 6.84. The number of carbonyl (C=O) groups is 1. The fourth-order valence-electron chi connectivity index (χ4n) is 3.45. The van der Waals surface area contributed by atoms with Crippen molar-refractivity contribution < 1.29 is 4.79 Å². The summed E-state index contributed by atoms with van der Waals surface area (Å²) in [6.07, 6.45) is 5.75. The molecule has 1 N–H and O–H groups in total. The van der Waals surface area contributed by atoms with Crippen LogP contribution in [-0.4, -0.2) is 54.1 Å². The highest BCUT2D eigenvalue weighted by atomic mass is 16.2. The van der Waals surface area contributed by atoms with Crippen LogP contribution in [0, 0.1) is 5.92 Å². The molecule has 2 fully saturated rings. The van der Waals surface area contributed by atoms with E-state index in [0.717, 1.165) is 25.8 Å². The summed E-state index contributed by atoms with van der Waals surface area (Å²) in [6, 6.07) is 0. The van der Waals surface area contributed by atoms with Crippen molar-refractivity contribution in [2.75, 3.05) is 26.7 Å². The van der Waals surface area contributed by atoms with Gasteiger partial charge in [-0.3, -0.25) is 10.1 Å². The Labute approximate surface area is 123 Å². The Morgan fingerprint density at radius 1 is 1.30 bits per heavy atom. The van der Waals surface area contributed by atoms with Crippen LogP contribution >= 0.6 is 0 Å². The van der Waals surface area contributed by atoms with Gasteiger partial charge in [0.2, 0.25) is 5.91 Å². The van der Waals surface area contributed by atoms with E-state index in [1.165, 1.54) is 25.9 Å². The molecule has 2 atom stereocenters. The first-order valence-electron chi connectivity index (χ1n) is 8.27. The van der Waals surface area contributed by atoms with E-state index >= 15 is 0 Å². The summed E-state index contributed by atoms with van der Waals surface area (Å²) in [5.74, 6) is 0.993. The van der Waals surface area contributed by atoms with E-state index in [1.54, 1.807) is 0 Å². The minimum Gasteiger partial charge on any atom is -0.325 e. The summed E-state index contributed by atoms with van der Waals surface area (Å²) in [7, 11) is 2.19. The van der Waals surface area contributed by atoms with Gasteiger partial charge in [-0.15, -0.1) is 0 Å². The van der Waals surface area contributed by atoms with Gasteiger partial charge in [0.1, 0.15) is 0 Å². The van der Waals surface area contributed by atoms with Crippen LogP contribution in [0.5, 0.6) is 0 Å². The number of amides is 1. The molecular formula is C16H31N3O. The molecule has 0 radical (unpaired) electrons. The maximum absolute atomic E-state index is 12.7. The van der Waals surface area contributed by atoms with Gasteiger partial charge in [-0.25, -0.2) is 0 Å². The highest BCUT2D eigenvalue weighted by Gasteiger charge is 2.46. The van der Waals surface area contributed by atoms with Crippen molar-refractivity contribution in [1.82, 2.24) is 15.1 Å². The lowest BCUT2D eigenvalue weighted by Crippen LogP contribution is -2.44. The third-order valence-electron chi connectivity index (χ3n) is 5.16. The number of hydrogen-bond donors (Lipinski definition) is 1. The van der Waals surface area contributed by atoms with Gasteiger partial charge in [0.15, 0.2) is 0 Å². The molecule has 2 aliphatic heterocycles. The highest BCUT2D eigenvalue weighted by Crippen LogP contribution is 2.28. The average molecular weight is 281 g/mol. The number of carbonyl (C=O) groups excluding carboxylic acids is 1. The SMILES string of the molecule is CCCC1NC(C)(CC)C(=O)N1CC1CCN(C)CC1. The number of likely N-dealkylation sites (tertiary alicyclic amines) is 1. The first-order valence-corrected chi connectivity index (χ1v) is 8.27. The molecule has 0 saturated carbocycles. The first kappa shape index (κ1) is 15.8. The molecule has 2 aliphatic rings. The molecule has 4 nitrogen and oxygen atoms in total. The molecule has 2 rings (SSSR count). The Balaban J connectivity index is 2.01. The Morgan fingerprint density at radius 3 is 2.50 bits per heavy atom. The van der Waals surface area contributed by atoms with Gasteiger partial charge in [0.05, 0.1) is 11.7 Å². The van der Waals surface area contributed by atoms with Crippen molar-refractivity contribution >= 4 is 5.91 Å². The smallest absolute Gasteiger partial charge is 0.243 e. The van der Waals surface area contributed by atoms with E-state index in [2.05, 4.69) is 42.9 Å². The van der Waals surface area contributed by atoms with Crippen molar-refractivity contribution in [2.24, 2.45) is 5.92 Å². The molecule has 0 aromatic rings. The fourth-order valence-corrected chi connectivity index (χ4v) is 3.45. The van der Waals surface area contributed by atoms with Crippen LogP contribution in [-0.2, 0) is 4.79 Å². The monoisotopic (exact) mass is 281 g/mol. The van der Waals surface area contributed by atoms with Crippen LogP contribution in [0.2, 0.25) is 0 Å². The van der Waals surface area contributed by atoms with Crippen molar-refractivity contribution in [1.29, 1.82) is 0 Å². The number of rotatable bonds is 5. The molecule has 2 heterocycles. The molecule has 2 unspecified atom stereocenters. The lowest BCUT2D eigenvalue weighted by Gasteiger charge is -2.33. The zero-order valence-electron chi connectivity index (χ0n) is 13.6. The van der Waals surface area contributed by atoms with Gasteiger partial charge >= 0.3 is 0 Å². The van der Waals surface area contributed by atoms with Crippen molar-refractivity contribution in [3.63, 3.8) is 0 Å². The summed E-state index contributed by atoms with van der Waals surface area (Å²) in [5, 5.41) is 3.58. The highest BCUT2D eigenvalue weighted by molar-refractivity contribution is 5.88. The normalized spacial score (nSPS) is 33.1. The van der Waals surface area contributed by atoms with E-state index < -0.39 is 0 Å².